The zero-order chi connectivity index (χ0) is 23.2. The molecule has 8 nitrogen and oxygen atoms in total. The van der Waals surface area contributed by atoms with Crippen LogP contribution in [0.15, 0.2) is 42.7 Å². The third-order valence-electron chi connectivity index (χ3n) is 4.98. The van der Waals surface area contributed by atoms with E-state index in [1.807, 2.05) is 0 Å². The van der Waals surface area contributed by atoms with Crippen LogP contribution in [0.25, 0.3) is 22.8 Å². The lowest BCUT2D eigenvalue weighted by molar-refractivity contribution is 0.0698. The number of carboxylic acid groups (broad SMARTS) is 1. The van der Waals surface area contributed by atoms with Crippen LogP contribution in [-0.2, 0) is 0 Å². The molecule has 0 saturated carbocycles. The van der Waals surface area contributed by atoms with Crippen molar-refractivity contribution in [1.29, 1.82) is 0 Å². The van der Waals surface area contributed by atoms with Gasteiger partial charge in [0.15, 0.2) is 0 Å². The Balaban J connectivity index is 0.000000282. The summed E-state index contributed by atoms with van der Waals surface area (Å²) in [5.74, 6) is -0.918. The Morgan fingerprint density at radius 2 is 1.69 bits per heavy atom. The lowest BCUT2D eigenvalue weighted by atomic mass is 10.1. The number of nitrogens with one attached hydrogen (secondary N) is 1. The number of hydrogen-bond donors (Lipinski definition) is 4. The van der Waals surface area contributed by atoms with Crippen molar-refractivity contribution in [2.24, 2.45) is 5.73 Å². The van der Waals surface area contributed by atoms with Gasteiger partial charge in [0.2, 0.25) is 5.95 Å². The molecule has 0 fully saturated rings. The molecule has 3 aromatic rings. The minimum Gasteiger partial charge on any atom is -0.478 e. The van der Waals surface area contributed by atoms with Crippen molar-refractivity contribution < 1.29 is 9.90 Å². The number of hydrogen-bond acceptors (Lipinski definition) is 6. The van der Waals surface area contributed by atoms with Crippen LogP contribution in [0.3, 0.4) is 0 Å². The van der Waals surface area contributed by atoms with Crippen LogP contribution in [0.2, 0.25) is 0 Å². The van der Waals surface area contributed by atoms with E-state index in [9.17, 15) is 9.90 Å². The van der Waals surface area contributed by atoms with Crippen LogP contribution in [-0.4, -0.2) is 37.6 Å². The molecule has 0 radical (unpaired) electrons. The van der Waals surface area contributed by atoms with E-state index >= 15 is 0 Å². The van der Waals surface area contributed by atoms with Gasteiger partial charge in [-0.1, -0.05) is 57.9 Å². The number of nitrogens with zero attached hydrogens (tertiary/aromatic N) is 3. The number of anilines is 1. The zero-order valence-electron chi connectivity index (χ0n) is 18.8. The predicted molar refractivity (Wildman–Crippen MR) is 128 cm³/mol. The second-order valence-electron chi connectivity index (χ2n) is 7.56. The maximum atomic E-state index is 11.4. The number of rotatable bonds is 11. The Labute approximate surface area is 189 Å². The Morgan fingerprint density at radius 1 is 0.969 bits per heavy atom. The van der Waals surface area contributed by atoms with Crippen molar-refractivity contribution in [3.05, 3.63) is 48.3 Å². The van der Waals surface area contributed by atoms with E-state index in [4.69, 9.17) is 11.5 Å². The molecule has 0 amide bonds. The molecule has 0 aromatic carbocycles. The Hall–Kier alpha value is -3.26. The fourth-order valence-electron chi connectivity index (χ4n) is 3.28. The number of aromatic carboxylic acids is 1. The molecule has 0 aliphatic heterocycles. The van der Waals surface area contributed by atoms with Gasteiger partial charge in [-0.2, -0.15) is 0 Å². The van der Waals surface area contributed by atoms with E-state index in [0.717, 1.165) is 6.54 Å². The highest BCUT2D eigenvalue weighted by Gasteiger charge is 2.18. The van der Waals surface area contributed by atoms with E-state index in [0.29, 0.717) is 22.8 Å². The van der Waals surface area contributed by atoms with Gasteiger partial charge in [-0.3, -0.25) is 4.98 Å². The lowest BCUT2D eigenvalue weighted by Gasteiger charge is -1.99. The summed E-state index contributed by atoms with van der Waals surface area (Å²) in [5.41, 5.74) is 13.1. The van der Waals surface area contributed by atoms with Crippen LogP contribution in [0.1, 0.15) is 68.6 Å². The minimum absolute atomic E-state index is 0.123. The molecule has 3 aromatic heterocycles. The third kappa shape index (κ3) is 8.11. The average Bonchev–Trinajstić information content (AvgIpc) is 3.26. The second kappa shape index (κ2) is 13.9. The van der Waals surface area contributed by atoms with E-state index in [-0.39, 0.29) is 11.5 Å². The number of aromatic nitrogens is 4. The molecular formula is C24H34N6O2. The third-order valence-corrected chi connectivity index (χ3v) is 4.98. The van der Waals surface area contributed by atoms with E-state index < -0.39 is 5.97 Å². The van der Waals surface area contributed by atoms with Crippen molar-refractivity contribution in [2.75, 3.05) is 12.3 Å². The highest BCUT2D eigenvalue weighted by molar-refractivity contribution is 5.96. The SMILES string of the molecule is CCCCCCCCCCN.Nc1nccc(-c2cc(C(=O)O)c(-c3ccccn3)[nH]2)n1. The number of aromatic amines is 1. The minimum atomic E-state index is -1.04. The Bertz CT molecular complexity index is 935. The van der Waals surface area contributed by atoms with Crippen molar-refractivity contribution in [1.82, 2.24) is 19.9 Å². The van der Waals surface area contributed by atoms with Crippen molar-refractivity contribution in [3.8, 4) is 22.8 Å². The average molecular weight is 439 g/mol. The van der Waals surface area contributed by atoms with Gasteiger partial charge in [0.1, 0.15) is 0 Å². The molecular weight excluding hydrogens is 404 g/mol. The number of nitrogens with two attached hydrogens (primary N) is 2. The summed E-state index contributed by atoms with van der Waals surface area (Å²) < 4.78 is 0. The lowest BCUT2D eigenvalue weighted by Crippen LogP contribution is -1.97. The largest absolute Gasteiger partial charge is 0.478 e. The number of H-pyrrole nitrogens is 1. The maximum Gasteiger partial charge on any atom is 0.337 e. The van der Waals surface area contributed by atoms with Crippen molar-refractivity contribution in [2.45, 2.75) is 58.3 Å². The number of carboxylic acids is 1. The summed E-state index contributed by atoms with van der Waals surface area (Å²) >= 11 is 0. The first-order valence-corrected chi connectivity index (χ1v) is 11.2. The van der Waals surface area contributed by atoms with Gasteiger partial charge in [-0.15, -0.1) is 0 Å². The topological polar surface area (TPSA) is 144 Å². The number of nitrogen functional groups attached to an aromatic ring is 1. The van der Waals surface area contributed by atoms with Crippen LogP contribution in [0.5, 0.6) is 0 Å². The normalized spacial score (nSPS) is 10.4. The highest BCUT2D eigenvalue weighted by Crippen LogP contribution is 2.27. The van der Waals surface area contributed by atoms with Crippen LogP contribution in [0.4, 0.5) is 5.95 Å². The smallest absolute Gasteiger partial charge is 0.337 e. The van der Waals surface area contributed by atoms with Gasteiger partial charge in [0.25, 0.3) is 0 Å². The number of unbranched alkanes of at least 4 members (excludes halogenated alkanes) is 7. The van der Waals surface area contributed by atoms with Gasteiger partial charge in [-0.25, -0.2) is 14.8 Å². The van der Waals surface area contributed by atoms with E-state index in [2.05, 4.69) is 26.9 Å². The fraction of sp³-hybridized carbons (Fsp3) is 0.417. The molecule has 0 saturated heterocycles. The molecule has 0 atom stereocenters. The molecule has 6 N–H and O–H groups in total. The summed E-state index contributed by atoms with van der Waals surface area (Å²) in [5, 5.41) is 9.34. The molecule has 0 unspecified atom stereocenters. The summed E-state index contributed by atoms with van der Waals surface area (Å²) in [4.78, 5) is 26.5. The summed E-state index contributed by atoms with van der Waals surface area (Å²) in [7, 11) is 0. The molecule has 0 aliphatic rings. The zero-order valence-corrected chi connectivity index (χ0v) is 18.8. The Morgan fingerprint density at radius 3 is 2.28 bits per heavy atom. The predicted octanol–water partition coefficient (Wildman–Crippen LogP) is 4.90. The molecule has 3 rings (SSSR count). The monoisotopic (exact) mass is 438 g/mol. The van der Waals surface area contributed by atoms with E-state index in [1.165, 1.54) is 63.6 Å². The fourth-order valence-corrected chi connectivity index (χ4v) is 3.28. The maximum absolute atomic E-state index is 11.4. The number of carbonyl (C=O) groups is 1. The van der Waals surface area contributed by atoms with Crippen molar-refractivity contribution in [3.63, 3.8) is 0 Å². The standard InChI is InChI=1S/C14H11N5O2.C10H23N/c15-14-17-6-4-9(19-14)11-7-8(13(20)21)12(18-11)10-3-1-2-5-16-10;1-2-3-4-5-6-7-8-9-10-11/h1-7,18H,(H,20,21)(H2,15,17,19);2-11H2,1H3. The quantitative estimate of drug-likeness (QED) is 0.312. The van der Waals surface area contributed by atoms with Gasteiger partial charge in [0, 0.05) is 12.4 Å². The molecule has 0 bridgehead atoms. The first kappa shape index (κ1) is 25.0. The van der Waals surface area contributed by atoms with Crippen LogP contribution in [0, 0.1) is 0 Å². The van der Waals surface area contributed by atoms with Crippen LogP contribution < -0.4 is 11.5 Å². The van der Waals surface area contributed by atoms with E-state index in [1.54, 1.807) is 30.5 Å². The second-order valence-corrected chi connectivity index (χ2v) is 7.56. The molecule has 3 heterocycles. The van der Waals surface area contributed by atoms with Crippen molar-refractivity contribution >= 4 is 11.9 Å². The molecule has 0 spiro atoms. The first-order chi connectivity index (χ1) is 15.6. The summed E-state index contributed by atoms with van der Waals surface area (Å²) in [6, 6.07) is 8.44. The highest BCUT2D eigenvalue weighted by atomic mass is 16.4. The van der Waals surface area contributed by atoms with Crippen LogP contribution >= 0.6 is 0 Å². The molecule has 8 heteroatoms. The number of pyridine rings is 1. The van der Waals surface area contributed by atoms with Gasteiger partial charge < -0.3 is 21.6 Å². The summed E-state index contributed by atoms with van der Waals surface area (Å²) in [6.45, 7) is 3.13. The van der Waals surface area contributed by atoms with Gasteiger partial charge in [-0.05, 0) is 37.2 Å². The van der Waals surface area contributed by atoms with Gasteiger partial charge >= 0.3 is 5.97 Å². The molecule has 32 heavy (non-hydrogen) atoms. The van der Waals surface area contributed by atoms with Gasteiger partial charge in [0.05, 0.1) is 28.3 Å². The summed E-state index contributed by atoms with van der Waals surface area (Å²) in [6.07, 6.45) is 14.1. The molecule has 0 aliphatic carbocycles. The first-order valence-electron chi connectivity index (χ1n) is 11.2. The molecule has 172 valence electrons. The Kier molecular flexibility index (Phi) is 10.9.